The molecule has 1 aliphatic heterocycles. The molecule has 0 unspecified atom stereocenters. The monoisotopic (exact) mass is 632 g/mol. The SMILES string of the molecule is C[C@@H]1O[C@H](OC(=O)[C@]23CCC(C)(C)C[C@H]2C2=CC[C@@H]4[C@@]5(C)CC[C@H](O)[C@@](C)(C=O)[C@@H]5CC[C@@]4(C)[C@]2(C)C[C@H]3O)[C@@H](O)[C@H](O)[C@@H]1O. The number of allylic oxidation sites excluding steroid dienone is 2. The molecule has 0 aromatic heterocycles. The van der Waals surface area contributed by atoms with Crippen LogP contribution in [0, 0.1) is 50.2 Å². The Balaban J connectivity index is 1.39. The van der Waals surface area contributed by atoms with Crippen LogP contribution in [0.25, 0.3) is 0 Å². The van der Waals surface area contributed by atoms with Crippen molar-refractivity contribution >= 4 is 12.3 Å². The van der Waals surface area contributed by atoms with Gasteiger partial charge in [-0.1, -0.05) is 53.2 Å². The van der Waals surface area contributed by atoms with E-state index in [0.29, 0.717) is 25.7 Å². The Morgan fingerprint density at radius 1 is 0.867 bits per heavy atom. The zero-order valence-corrected chi connectivity index (χ0v) is 28.2. The highest BCUT2D eigenvalue weighted by molar-refractivity contribution is 5.80. The van der Waals surface area contributed by atoms with Crippen molar-refractivity contribution in [2.24, 2.45) is 50.2 Å². The molecule has 6 rings (SSSR count). The molecule has 1 saturated heterocycles. The van der Waals surface area contributed by atoms with Gasteiger partial charge in [0.15, 0.2) is 0 Å². The molecule has 9 nitrogen and oxygen atoms in total. The van der Waals surface area contributed by atoms with Gasteiger partial charge in [0, 0.05) is 0 Å². The van der Waals surface area contributed by atoms with Crippen molar-refractivity contribution in [3.8, 4) is 0 Å². The first kappa shape index (κ1) is 33.5. The lowest BCUT2D eigenvalue weighted by Crippen LogP contribution is -2.68. The average Bonchev–Trinajstić information content (AvgIpc) is 2.97. The summed E-state index contributed by atoms with van der Waals surface area (Å²) in [4.78, 5) is 26.9. The third-order valence-electron chi connectivity index (χ3n) is 15.0. The molecule has 9 heteroatoms. The van der Waals surface area contributed by atoms with E-state index in [1.165, 1.54) is 5.57 Å². The Hall–Kier alpha value is -1.36. The highest BCUT2D eigenvalue weighted by Crippen LogP contribution is 2.75. The molecule has 6 aliphatic rings. The summed E-state index contributed by atoms with van der Waals surface area (Å²) in [7, 11) is 0. The van der Waals surface area contributed by atoms with Crippen molar-refractivity contribution in [2.45, 2.75) is 149 Å². The standard InChI is InChI=1S/C36H56O9/c1-19-26(40)27(41)28(42)29(44-19)45-30(43)36-15-14-31(2,3)16-21(36)20-8-9-23-32(4)12-11-24(38)33(5,18-37)22(32)10-13-34(23,6)35(20,7)17-25(36)39/h8,18-19,21-29,38-42H,9-17H2,1-7H3/t19-,21-,22+,23+,24-,25+,26+,27+,28-,29+,32-,33-,34+,35+,36+/m0/s1. The predicted molar refractivity (Wildman–Crippen MR) is 165 cm³/mol. The fraction of sp³-hybridized carbons (Fsp3) is 0.889. The van der Waals surface area contributed by atoms with E-state index in [1.54, 1.807) is 6.92 Å². The van der Waals surface area contributed by atoms with Crippen molar-refractivity contribution in [3.63, 3.8) is 0 Å². The minimum atomic E-state index is -1.61. The Morgan fingerprint density at radius 2 is 1.56 bits per heavy atom. The highest BCUT2D eigenvalue weighted by atomic mass is 16.7. The average molecular weight is 633 g/mol. The smallest absolute Gasteiger partial charge is 0.317 e. The second kappa shape index (κ2) is 10.6. The van der Waals surface area contributed by atoms with Gasteiger partial charge in [-0.05, 0) is 104 Å². The molecule has 0 bridgehead atoms. The fourth-order valence-corrected chi connectivity index (χ4v) is 11.9. The van der Waals surface area contributed by atoms with Crippen LogP contribution in [0.1, 0.15) is 106 Å². The van der Waals surface area contributed by atoms with Crippen molar-refractivity contribution in [1.29, 1.82) is 0 Å². The molecule has 0 radical (unpaired) electrons. The number of aliphatic hydroxyl groups is 5. The Labute approximate surface area is 267 Å². The maximum atomic E-state index is 14.4. The maximum absolute atomic E-state index is 14.4. The van der Waals surface area contributed by atoms with Crippen LogP contribution in [0.5, 0.6) is 0 Å². The molecule has 45 heavy (non-hydrogen) atoms. The quantitative estimate of drug-likeness (QED) is 0.178. The second-order valence-corrected chi connectivity index (χ2v) is 17.6. The Bertz CT molecular complexity index is 1250. The van der Waals surface area contributed by atoms with Gasteiger partial charge < -0.3 is 39.8 Å². The first-order valence-corrected chi connectivity index (χ1v) is 17.3. The van der Waals surface area contributed by atoms with E-state index < -0.39 is 65.1 Å². The summed E-state index contributed by atoms with van der Waals surface area (Å²) >= 11 is 0. The second-order valence-electron chi connectivity index (χ2n) is 17.6. The lowest BCUT2D eigenvalue weighted by atomic mass is 9.33. The van der Waals surface area contributed by atoms with Crippen molar-refractivity contribution in [2.75, 3.05) is 0 Å². The van der Waals surface area contributed by atoms with Gasteiger partial charge in [-0.15, -0.1) is 0 Å². The molecule has 0 aromatic carbocycles. The molecule has 0 amide bonds. The molecule has 0 spiro atoms. The maximum Gasteiger partial charge on any atom is 0.317 e. The molecule has 5 fully saturated rings. The van der Waals surface area contributed by atoms with E-state index in [1.807, 2.05) is 6.92 Å². The number of aliphatic hydroxyl groups excluding tert-OH is 5. The van der Waals surface area contributed by atoms with E-state index in [4.69, 9.17) is 9.47 Å². The van der Waals surface area contributed by atoms with Gasteiger partial charge in [0.25, 0.3) is 0 Å². The van der Waals surface area contributed by atoms with Crippen molar-refractivity contribution in [1.82, 2.24) is 0 Å². The van der Waals surface area contributed by atoms with Crippen LogP contribution in [-0.4, -0.2) is 80.7 Å². The van der Waals surface area contributed by atoms with Gasteiger partial charge in [0.1, 0.15) is 30.0 Å². The van der Waals surface area contributed by atoms with Crippen LogP contribution in [0.4, 0.5) is 0 Å². The van der Waals surface area contributed by atoms with E-state index in [9.17, 15) is 35.1 Å². The van der Waals surface area contributed by atoms with Crippen molar-refractivity contribution < 1.29 is 44.6 Å². The minimum Gasteiger partial charge on any atom is -0.432 e. The summed E-state index contributed by atoms with van der Waals surface area (Å²) in [6.45, 7) is 14.9. The fourth-order valence-electron chi connectivity index (χ4n) is 11.9. The first-order valence-electron chi connectivity index (χ1n) is 17.3. The third-order valence-corrected chi connectivity index (χ3v) is 15.0. The highest BCUT2D eigenvalue weighted by Gasteiger charge is 2.72. The van der Waals surface area contributed by atoms with E-state index in [-0.39, 0.29) is 34.0 Å². The summed E-state index contributed by atoms with van der Waals surface area (Å²) in [5.41, 5.74) is -1.65. The Kier molecular flexibility index (Phi) is 7.88. The first-order chi connectivity index (χ1) is 20.8. The molecule has 15 atom stereocenters. The lowest BCUT2D eigenvalue weighted by molar-refractivity contribution is -0.293. The third kappa shape index (κ3) is 4.39. The van der Waals surface area contributed by atoms with Crippen LogP contribution in [-0.2, 0) is 19.1 Å². The summed E-state index contributed by atoms with van der Waals surface area (Å²) < 4.78 is 11.5. The van der Waals surface area contributed by atoms with E-state index in [0.717, 1.165) is 38.4 Å². The number of rotatable bonds is 3. The summed E-state index contributed by atoms with van der Waals surface area (Å²) in [6.07, 6.45) is 1.10. The van der Waals surface area contributed by atoms with Gasteiger partial charge in [-0.3, -0.25) is 4.79 Å². The molecule has 1 heterocycles. The minimum absolute atomic E-state index is 0.0669. The van der Waals surface area contributed by atoms with Crippen LogP contribution >= 0.6 is 0 Å². The van der Waals surface area contributed by atoms with Crippen LogP contribution in [0.15, 0.2) is 11.6 Å². The number of carbonyl (C=O) groups excluding carboxylic acids is 2. The number of hydrogen-bond donors (Lipinski definition) is 5. The normalized spacial score (nSPS) is 55.6. The molecule has 4 saturated carbocycles. The van der Waals surface area contributed by atoms with E-state index in [2.05, 4.69) is 40.7 Å². The zero-order chi connectivity index (χ0) is 33.1. The van der Waals surface area contributed by atoms with Gasteiger partial charge in [-0.2, -0.15) is 0 Å². The Morgan fingerprint density at radius 3 is 2.22 bits per heavy atom. The number of carbonyl (C=O) groups is 2. The summed E-state index contributed by atoms with van der Waals surface area (Å²) in [5.74, 6) is -0.595. The summed E-state index contributed by atoms with van der Waals surface area (Å²) in [6, 6.07) is 0. The van der Waals surface area contributed by atoms with Crippen LogP contribution < -0.4 is 0 Å². The van der Waals surface area contributed by atoms with Crippen LogP contribution in [0.2, 0.25) is 0 Å². The van der Waals surface area contributed by atoms with E-state index >= 15 is 0 Å². The molecule has 5 aliphatic carbocycles. The lowest BCUT2D eigenvalue weighted by Gasteiger charge is -2.71. The number of hydrogen-bond acceptors (Lipinski definition) is 9. The van der Waals surface area contributed by atoms with Gasteiger partial charge >= 0.3 is 5.97 Å². The topological polar surface area (TPSA) is 154 Å². The number of fused-ring (bicyclic) bond motifs is 7. The van der Waals surface area contributed by atoms with Gasteiger partial charge in [0.2, 0.25) is 6.29 Å². The van der Waals surface area contributed by atoms with Gasteiger partial charge in [0.05, 0.1) is 23.7 Å². The number of esters is 1. The predicted octanol–water partition coefficient (Wildman–Crippen LogP) is 3.67. The molecule has 254 valence electrons. The largest absolute Gasteiger partial charge is 0.432 e. The van der Waals surface area contributed by atoms with Gasteiger partial charge in [-0.25, -0.2) is 0 Å². The van der Waals surface area contributed by atoms with Crippen molar-refractivity contribution in [3.05, 3.63) is 11.6 Å². The number of ether oxygens (including phenoxy) is 2. The zero-order valence-electron chi connectivity index (χ0n) is 28.2. The molecule has 5 N–H and O–H groups in total. The molecular formula is C36H56O9. The molecular weight excluding hydrogens is 576 g/mol. The molecule has 0 aromatic rings. The van der Waals surface area contributed by atoms with Crippen LogP contribution in [0.3, 0.4) is 0 Å². The summed E-state index contributed by atoms with van der Waals surface area (Å²) in [5, 5.41) is 54.5. The number of aldehydes is 1.